The summed E-state index contributed by atoms with van der Waals surface area (Å²) >= 11 is 1.83. The molecule has 90 valence electrons. The van der Waals surface area contributed by atoms with Crippen LogP contribution in [-0.2, 0) is 10.5 Å². The predicted molar refractivity (Wildman–Crippen MR) is 66.3 cm³/mol. The lowest BCUT2D eigenvalue weighted by Crippen LogP contribution is -2.17. The molecule has 0 amide bonds. The maximum absolute atomic E-state index is 13.0. The third-order valence-corrected chi connectivity index (χ3v) is 4.26. The predicted octanol–water partition coefficient (Wildman–Crippen LogP) is 3.11. The average molecular weight is 251 g/mol. The van der Waals surface area contributed by atoms with Gasteiger partial charge in [-0.3, -0.25) is 0 Å². The Bertz CT molecular complexity index is 424. The summed E-state index contributed by atoms with van der Waals surface area (Å²) in [5.41, 5.74) is 1.37. The molecule has 2 rings (SSSR count). The quantitative estimate of drug-likeness (QED) is 0.827. The van der Waals surface area contributed by atoms with Crippen LogP contribution in [0.1, 0.15) is 24.0 Å². The van der Waals surface area contributed by atoms with Gasteiger partial charge in [-0.1, -0.05) is 6.07 Å². The highest BCUT2D eigenvalue weighted by molar-refractivity contribution is 7.99. The van der Waals surface area contributed by atoms with E-state index < -0.39 is 0 Å². The summed E-state index contributed by atoms with van der Waals surface area (Å²) < 4.78 is 18.3. The van der Waals surface area contributed by atoms with E-state index in [0.717, 1.165) is 37.4 Å². The van der Waals surface area contributed by atoms with Crippen molar-refractivity contribution in [3.8, 4) is 6.07 Å². The van der Waals surface area contributed by atoms with Gasteiger partial charge in [0.05, 0.1) is 11.6 Å². The average Bonchev–Trinajstić information content (AvgIpc) is 2.38. The maximum Gasteiger partial charge on any atom is 0.124 e. The lowest BCUT2D eigenvalue weighted by atomic mass is 10.1. The molecule has 2 nitrogen and oxygen atoms in total. The Kier molecular flexibility index (Phi) is 4.41. The number of nitriles is 1. The Morgan fingerprint density at radius 3 is 2.88 bits per heavy atom. The van der Waals surface area contributed by atoms with Crippen molar-refractivity contribution >= 4 is 11.8 Å². The van der Waals surface area contributed by atoms with Crippen molar-refractivity contribution in [3.05, 3.63) is 35.1 Å². The van der Waals surface area contributed by atoms with Crippen molar-refractivity contribution < 1.29 is 9.13 Å². The lowest BCUT2D eigenvalue weighted by Gasteiger charge is -2.21. The first-order valence-corrected chi connectivity index (χ1v) is 6.72. The highest BCUT2D eigenvalue weighted by Gasteiger charge is 2.15. The molecule has 0 atom stereocenters. The molecule has 1 aliphatic heterocycles. The topological polar surface area (TPSA) is 33.0 Å². The van der Waals surface area contributed by atoms with Crippen LogP contribution in [0, 0.1) is 17.1 Å². The summed E-state index contributed by atoms with van der Waals surface area (Å²) in [7, 11) is 0. The molecular weight excluding hydrogens is 237 g/mol. The minimum absolute atomic E-state index is 0.346. The first-order chi connectivity index (χ1) is 8.29. The molecule has 0 bridgehead atoms. The van der Waals surface area contributed by atoms with E-state index in [9.17, 15) is 4.39 Å². The van der Waals surface area contributed by atoms with E-state index in [-0.39, 0.29) is 5.82 Å². The second-order valence-corrected chi connectivity index (χ2v) is 5.32. The molecule has 0 radical (unpaired) electrons. The number of benzene rings is 1. The second-order valence-electron chi connectivity index (χ2n) is 4.04. The van der Waals surface area contributed by atoms with Crippen molar-refractivity contribution in [1.29, 1.82) is 5.26 Å². The number of nitrogens with zero attached hydrogens (tertiary/aromatic N) is 1. The van der Waals surface area contributed by atoms with Crippen LogP contribution in [0.5, 0.6) is 0 Å². The van der Waals surface area contributed by atoms with Crippen LogP contribution in [0.25, 0.3) is 0 Å². The molecule has 1 aromatic rings. The number of hydrogen-bond acceptors (Lipinski definition) is 3. The van der Waals surface area contributed by atoms with Crippen LogP contribution in [0.2, 0.25) is 0 Å². The molecule has 1 heterocycles. The van der Waals surface area contributed by atoms with Crippen LogP contribution < -0.4 is 0 Å². The van der Waals surface area contributed by atoms with Gasteiger partial charge in [0.1, 0.15) is 5.82 Å². The second kappa shape index (κ2) is 6.04. The van der Waals surface area contributed by atoms with Gasteiger partial charge in [-0.05, 0) is 30.5 Å². The van der Waals surface area contributed by atoms with E-state index in [4.69, 9.17) is 10.00 Å². The molecule has 1 aliphatic rings. The van der Waals surface area contributed by atoms with Gasteiger partial charge in [0.15, 0.2) is 0 Å². The van der Waals surface area contributed by atoms with E-state index in [2.05, 4.69) is 0 Å². The van der Waals surface area contributed by atoms with Gasteiger partial charge >= 0.3 is 0 Å². The molecule has 1 fully saturated rings. The molecule has 1 saturated heterocycles. The van der Waals surface area contributed by atoms with Crippen LogP contribution in [-0.4, -0.2) is 18.5 Å². The molecule has 0 saturated carbocycles. The monoisotopic (exact) mass is 251 g/mol. The van der Waals surface area contributed by atoms with Gasteiger partial charge in [-0.2, -0.15) is 17.0 Å². The Morgan fingerprint density at radius 1 is 1.41 bits per heavy atom. The highest BCUT2D eigenvalue weighted by Crippen LogP contribution is 2.26. The minimum atomic E-state index is -0.346. The van der Waals surface area contributed by atoms with E-state index >= 15 is 0 Å². The van der Waals surface area contributed by atoms with Crippen LogP contribution >= 0.6 is 11.8 Å². The van der Waals surface area contributed by atoms with Gasteiger partial charge in [-0.15, -0.1) is 0 Å². The third kappa shape index (κ3) is 3.45. The molecule has 0 N–H and O–H groups in total. The van der Waals surface area contributed by atoms with Crippen molar-refractivity contribution in [1.82, 2.24) is 0 Å². The Labute approximate surface area is 105 Å². The van der Waals surface area contributed by atoms with Crippen molar-refractivity contribution in [2.45, 2.75) is 23.8 Å². The summed E-state index contributed by atoms with van der Waals surface area (Å²) in [5, 5.41) is 9.53. The Morgan fingerprint density at radius 2 is 2.18 bits per heavy atom. The van der Waals surface area contributed by atoms with Gasteiger partial charge in [0, 0.05) is 24.2 Å². The largest absolute Gasteiger partial charge is 0.381 e. The normalized spacial score (nSPS) is 16.7. The molecule has 0 unspecified atom stereocenters. The fourth-order valence-corrected chi connectivity index (χ4v) is 3.02. The fraction of sp³-hybridized carbons (Fsp3) is 0.462. The standard InChI is InChI=1S/C13H14FNOS/c14-12-2-1-10(11(7-12)8-15)9-17-13-3-5-16-6-4-13/h1-2,7,13H,3-6,9H2. The number of hydrogen-bond donors (Lipinski definition) is 0. The number of ether oxygens (including phenoxy) is 1. The van der Waals surface area contributed by atoms with Crippen LogP contribution in [0.15, 0.2) is 18.2 Å². The molecular formula is C13H14FNOS. The van der Waals surface area contributed by atoms with Gasteiger partial charge in [0.2, 0.25) is 0 Å². The van der Waals surface area contributed by atoms with E-state index in [1.807, 2.05) is 17.8 Å². The smallest absolute Gasteiger partial charge is 0.124 e. The molecule has 4 heteroatoms. The summed E-state index contributed by atoms with van der Waals surface area (Å²) in [4.78, 5) is 0. The van der Waals surface area contributed by atoms with Crippen molar-refractivity contribution in [2.24, 2.45) is 0 Å². The van der Waals surface area contributed by atoms with Crippen LogP contribution in [0.3, 0.4) is 0 Å². The molecule has 0 aromatic heterocycles. The van der Waals surface area contributed by atoms with Gasteiger partial charge < -0.3 is 4.74 Å². The fourth-order valence-electron chi connectivity index (χ4n) is 1.83. The van der Waals surface area contributed by atoms with Gasteiger partial charge in [0.25, 0.3) is 0 Å². The first kappa shape index (κ1) is 12.4. The summed E-state index contributed by atoms with van der Waals surface area (Å²) in [6, 6.07) is 6.48. The van der Waals surface area contributed by atoms with Gasteiger partial charge in [-0.25, -0.2) is 4.39 Å². The molecule has 17 heavy (non-hydrogen) atoms. The number of thioether (sulfide) groups is 1. The summed E-state index contributed by atoms with van der Waals surface area (Å²) in [6.07, 6.45) is 2.13. The van der Waals surface area contributed by atoms with E-state index in [1.165, 1.54) is 12.1 Å². The Hall–Kier alpha value is -1.05. The summed E-state index contributed by atoms with van der Waals surface area (Å²) in [5.74, 6) is 0.426. The maximum atomic E-state index is 13.0. The van der Waals surface area contributed by atoms with Crippen LogP contribution in [0.4, 0.5) is 4.39 Å². The molecule has 0 aliphatic carbocycles. The zero-order valence-electron chi connectivity index (χ0n) is 9.49. The zero-order valence-corrected chi connectivity index (χ0v) is 10.3. The molecule has 0 spiro atoms. The first-order valence-electron chi connectivity index (χ1n) is 5.67. The highest BCUT2D eigenvalue weighted by atomic mass is 32.2. The summed E-state index contributed by atoms with van der Waals surface area (Å²) in [6.45, 7) is 1.65. The minimum Gasteiger partial charge on any atom is -0.381 e. The Balaban J connectivity index is 1.96. The number of rotatable bonds is 3. The lowest BCUT2D eigenvalue weighted by molar-refractivity contribution is 0.1000. The van der Waals surface area contributed by atoms with E-state index in [0.29, 0.717) is 10.8 Å². The van der Waals surface area contributed by atoms with E-state index in [1.54, 1.807) is 6.07 Å². The SMILES string of the molecule is N#Cc1cc(F)ccc1CSC1CCOCC1. The zero-order chi connectivity index (χ0) is 12.1. The molecule has 1 aromatic carbocycles. The van der Waals surface area contributed by atoms with Crippen molar-refractivity contribution in [2.75, 3.05) is 13.2 Å². The number of halogens is 1. The third-order valence-electron chi connectivity index (χ3n) is 2.84. The van der Waals surface area contributed by atoms with Crippen molar-refractivity contribution in [3.63, 3.8) is 0 Å².